The summed E-state index contributed by atoms with van der Waals surface area (Å²) in [5.41, 5.74) is 24.1. The van der Waals surface area contributed by atoms with Gasteiger partial charge in [0.25, 0.3) is 0 Å². The number of rotatable bonds is 10. The Labute approximate surface area is 584 Å². The molecule has 462 valence electrons. The van der Waals surface area contributed by atoms with Crippen LogP contribution in [0.15, 0.2) is 346 Å². The average Bonchev–Trinajstić information content (AvgIpc) is 1.60. The largest absolute Gasteiger partial charge is 0.289 e. The van der Waals surface area contributed by atoms with Crippen LogP contribution in [0.4, 0.5) is 0 Å². The fourth-order valence-electron chi connectivity index (χ4n) is 12.9. The second kappa shape index (κ2) is 28.5. The third kappa shape index (κ3) is 13.4. The van der Waals surface area contributed by atoms with Gasteiger partial charge in [0.15, 0.2) is 11.6 Å². The lowest BCUT2D eigenvalue weighted by molar-refractivity contribution is -0.109. The van der Waals surface area contributed by atoms with Crippen LogP contribution in [0.5, 0.6) is 0 Å². The maximum absolute atomic E-state index is 15.7. The van der Waals surface area contributed by atoms with Gasteiger partial charge in [0, 0.05) is 94.7 Å². The second-order valence-corrected chi connectivity index (χ2v) is 24.3. The predicted molar refractivity (Wildman–Crippen MR) is 411 cm³/mol. The van der Waals surface area contributed by atoms with E-state index in [0.717, 1.165) is 139 Å². The Morgan fingerprint density at radius 2 is 0.340 bits per heavy atom. The number of Topliss-reactive ketones (excluding diaryl/α,β-unsaturated/α-hetero) is 2. The Morgan fingerprint density at radius 3 is 0.570 bits per heavy atom. The lowest BCUT2D eigenvalue weighted by Crippen LogP contribution is -2.02. The van der Waals surface area contributed by atoms with Gasteiger partial charge in [-0.1, -0.05) is 284 Å². The van der Waals surface area contributed by atoms with Crippen LogP contribution in [0.2, 0.25) is 0 Å². The second-order valence-electron chi connectivity index (χ2n) is 24.3. The number of terminal acetylenes is 1. The highest BCUT2D eigenvalue weighted by molar-refractivity contribution is 6.60. The number of hydrogen-bond donors (Lipinski definition) is 0. The molecular formula is C98H58O2. The molecule has 0 radical (unpaired) electrons. The van der Waals surface area contributed by atoms with E-state index < -0.39 is 0 Å². The van der Waals surface area contributed by atoms with E-state index in [4.69, 9.17) is 6.42 Å². The maximum Gasteiger partial charge on any atom is 0.195 e. The van der Waals surface area contributed by atoms with E-state index in [9.17, 15) is 0 Å². The van der Waals surface area contributed by atoms with Gasteiger partial charge in [-0.15, -0.1) is 6.42 Å². The summed E-state index contributed by atoms with van der Waals surface area (Å²) < 4.78 is 0. The molecule has 0 saturated heterocycles. The third-order valence-electron chi connectivity index (χ3n) is 17.8. The minimum atomic E-state index is -0.0729. The number of allylic oxidation sites excluding steroid dienone is 8. The minimum Gasteiger partial charge on any atom is -0.289 e. The SMILES string of the molecule is C#Cc1cc(-c2ccc(C3=C(c4ccc(C#Cc5ccccc5)cc4)C(=O)C(c4ccc(C#Cc5ccccc5)cc4)=C3c3ccccc3)cc2)cc(-c2ccc(C3=C(c4ccc(C#Cc5ccccc5)cc4)C(=O)C(c4ccc(C#Cc5ccccc5)cc4)=C3c3ccccc3)cc2)c1. The van der Waals surface area contributed by atoms with Crippen LogP contribution >= 0.6 is 0 Å². The first-order valence-corrected chi connectivity index (χ1v) is 33.1. The van der Waals surface area contributed by atoms with Crippen molar-refractivity contribution in [1.82, 2.24) is 0 Å². The summed E-state index contributed by atoms with van der Waals surface area (Å²) in [5, 5.41) is 0. The van der Waals surface area contributed by atoms with E-state index in [1.165, 1.54) is 0 Å². The van der Waals surface area contributed by atoms with Crippen molar-refractivity contribution in [2.45, 2.75) is 0 Å². The normalized spacial score (nSPS) is 12.3. The highest BCUT2D eigenvalue weighted by Crippen LogP contribution is 2.52. The molecule has 0 saturated carbocycles. The zero-order valence-corrected chi connectivity index (χ0v) is 54.3. The predicted octanol–water partition coefficient (Wildman–Crippen LogP) is 20.8. The molecule has 0 atom stereocenters. The number of carbonyl (C=O) groups excluding carboxylic acids is 2. The number of hydrogen-bond acceptors (Lipinski definition) is 2. The van der Waals surface area contributed by atoms with Gasteiger partial charge < -0.3 is 0 Å². The molecule has 15 rings (SSSR count). The van der Waals surface area contributed by atoms with Gasteiger partial charge in [-0.05, 0) is 182 Å². The van der Waals surface area contributed by atoms with Gasteiger partial charge in [0.1, 0.15) is 0 Å². The van der Waals surface area contributed by atoms with Crippen LogP contribution in [0.3, 0.4) is 0 Å². The standard InChI is InChI=1S/C98H58O2/c1-2-68-65-87(77-57-61-81(62-58-77)91-89(79-29-17-7-18-30-79)93(83-49-41-73(42-50-83)37-33-69-21-9-3-10-22-69)97(99)95(91)85-53-45-75(46-54-85)39-35-71-25-13-5-14-26-71)67-88(66-68)78-59-63-82(64-60-78)92-90(80-31-19-8-20-32-80)94(84-51-43-74(44-52-84)38-34-70-23-11-4-12-24-70)98(100)96(92)86-55-47-76(48-56-86)40-36-72-27-15-6-16-28-72/h1,3-32,41-67H. The number of ketones is 2. The zero-order chi connectivity index (χ0) is 67.6. The number of carbonyl (C=O) groups is 2. The van der Waals surface area contributed by atoms with Crippen LogP contribution in [0, 0.1) is 59.7 Å². The summed E-state index contributed by atoms with van der Waals surface area (Å²) in [6.45, 7) is 0. The molecule has 0 aliphatic heterocycles. The first-order valence-electron chi connectivity index (χ1n) is 33.1. The molecule has 2 heteroatoms. The van der Waals surface area contributed by atoms with Gasteiger partial charge in [-0.3, -0.25) is 9.59 Å². The fraction of sp³-hybridized carbons (Fsp3) is 0. The Morgan fingerprint density at radius 1 is 0.160 bits per heavy atom. The zero-order valence-electron chi connectivity index (χ0n) is 54.3. The molecule has 2 aliphatic rings. The van der Waals surface area contributed by atoms with Gasteiger partial charge >= 0.3 is 0 Å². The molecule has 0 unspecified atom stereocenters. The minimum absolute atomic E-state index is 0.0729. The van der Waals surface area contributed by atoms with E-state index in [2.05, 4.69) is 132 Å². The van der Waals surface area contributed by atoms with Gasteiger partial charge in [0.05, 0.1) is 0 Å². The Hall–Kier alpha value is -14.0. The molecule has 13 aromatic rings. The number of benzene rings is 13. The summed E-state index contributed by atoms with van der Waals surface area (Å²) in [6, 6.07) is 115. The molecule has 13 aromatic carbocycles. The molecule has 0 amide bonds. The molecule has 2 nitrogen and oxygen atoms in total. The maximum atomic E-state index is 15.7. The molecule has 0 N–H and O–H groups in total. The summed E-state index contributed by atoms with van der Waals surface area (Å²) >= 11 is 0. The Bertz CT molecular complexity index is 5390. The lowest BCUT2D eigenvalue weighted by Gasteiger charge is -2.15. The molecule has 0 aromatic heterocycles. The van der Waals surface area contributed by atoms with E-state index in [0.29, 0.717) is 22.3 Å². The molecule has 0 spiro atoms. The van der Waals surface area contributed by atoms with Crippen molar-refractivity contribution in [2.24, 2.45) is 0 Å². The highest BCUT2D eigenvalue weighted by Gasteiger charge is 2.37. The van der Waals surface area contributed by atoms with Crippen molar-refractivity contribution in [1.29, 1.82) is 0 Å². The van der Waals surface area contributed by atoms with Crippen LogP contribution in [0.25, 0.3) is 66.8 Å². The topological polar surface area (TPSA) is 34.1 Å². The average molecular weight is 1270 g/mol. The van der Waals surface area contributed by atoms with Gasteiger partial charge in [-0.2, -0.15) is 0 Å². The first-order chi connectivity index (χ1) is 49.3. The van der Waals surface area contributed by atoms with Crippen molar-refractivity contribution in [3.05, 3.63) is 440 Å². The molecular weight excluding hydrogens is 1210 g/mol. The van der Waals surface area contributed by atoms with Crippen LogP contribution in [-0.4, -0.2) is 11.6 Å². The summed E-state index contributed by atoms with van der Waals surface area (Å²) in [6.07, 6.45) is 6.32. The molecule has 0 fully saturated rings. The first kappa shape index (κ1) is 62.1. The monoisotopic (exact) mass is 1270 g/mol. The summed E-state index contributed by atoms with van der Waals surface area (Å²) in [4.78, 5) is 31.3. The third-order valence-corrected chi connectivity index (χ3v) is 17.8. The summed E-state index contributed by atoms with van der Waals surface area (Å²) in [5.74, 6) is 29.2. The van der Waals surface area contributed by atoms with E-state index in [-0.39, 0.29) is 11.6 Å². The molecule has 0 heterocycles. The van der Waals surface area contributed by atoms with Crippen molar-refractivity contribution < 1.29 is 9.59 Å². The van der Waals surface area contributed by atoms with Crippen LogP contribution in [-0.2, 0) is 9.59 Å². The van der Waals surface area contributed by atoms with Crippen LogP contribution in [0.1, 0.15) is 94.6 Å². The quantitative estimate of drug-likeness (QED) is 0.128. The fourth-order valence-corrected chi connectivity index (χ4v) is 12.9. The van der Waals surface area contributed by atoms with E-state index in [1.807, 2.05) is 267 Å². The van der Waals surface area contributed by atoms with E-state index in [1.54, 1.807) is 0 Å². The smallest absolute Gasteiger partial charge is 0.195 e. The summed E-state index contributed by atoms with van der Waals surface area (Å²) in [7, 11) is 0. The van der Waals surface area contributed by atoms with Gasteiger partial charge in [0.2, 0.25) is 0 Å². The van der Waals surface area contributed by atoms with Gasteiger partial charge in [-0.25, -0.2) is 0 Å². The van der Waals surface area contributed by atoms with E-state index >= 15 is 9.59 Å². The van der Waals surface area contributed by atoms with Crippen molar-refractivity contribution in [3.8, 4) is 82.0 Å². The molecule has 0 bridgehead atoms. The van der Waals surface area contributed by atoms with Crippen molar-refractivity contribution in [3.63, 3.8) is 0 Å². The van der Waals surface area contributed by atoms with Crippen LogP contribution < -0.4 is 0 Å². The van der Waals surface area contributed by atoms with Crippen molar-refractivity contribution >= 4 is 56.2 Å². The highest BCUT2D eigenvalue weighted by atomic mass is 16.1. The molecule has 100 heavy (non-hydrogen) atoms. The lowest BCUT2D eigenvalue weighted by atomic mass is 9.87. The Kier molecular flexibility index (Phi) is 17.7. The van der Waals surface area contributed by atoms with Crippen molar-refractivity contribution in [2.75, 3.05) is 0 Å². The molecule has 2 aliphatic carbocycles. The Balaban J connectivity index is 0.807.